The molecule has 0 heterocycles. The highest BCUT2D eigenvalue weighted by Gasteiger charge is 2.32. The average Bonchev–Trinajstić information content (AvgIpc) is 2.96. The van der Waals surface area contributed by atoms with Gasteiger partial charge in [-0.05, 0) is 44.1 Å². The Morgan fingerprint density at radius 2 is 1.09 bits per heavy atom. The van der Waals surface area contributed by atoms with Crippen molar-refractivity contribution in [1.29, 1.82) is 0 Å². The molecule has 0 unspecified atom stereocenters. The van der Waals surface area contributed by atoms with Gasteiger partial charge in [-0.2, -0.15) is 11.8 Å². The summed E-state index contributed by atoms with van der Waals surface area (Å²) < 4.78 is 0. The van der Waals surface area contributed by atoms with Crippen LogP contribution in [0, 0.1) is 0 Å². The number of carbonyl (C=O) groups excluding carboxylic acids is 5. The highest BCUT2D eigenvalue weighted by atomic mass is 32.2. The van der Waals surface area contributed by atoms with E-state index in [1.54, 1.807) is 0 Å². The molecule has 0 bridgehead atoms. The third-order valence-electron chi connectivity index (χ3n) is 6.36. The van der Waals surface area contributed by atoms with Crippen LogP contribution in [0.5, 0.6) is 0 Å². The van der Waals surface area contributed by atoms with Gasteiger partial charge in [0.1, 0.15) is 0 Å². The highest BCUT2D eigenvalue weighted by molar-refractivity contribution is 7.98. The number of Topliss-reactive ketones (excluding diaryl/α,β-unsaturated/α-hetero) is 3. The fourth-order valence-corrected chi connectivity index (χ4v) is 4.41. The van der Waals surface area contributed by atoms with Crippen LogP contribution in [-0.2, 0) is 38.4 Å². The molecule has 0 spiro atoms. The number of hydrogen-bond acceptors (Lipinski definition) is 14. The van der Waals surface area contributed by atoms with Crippen molar-refractivity contribution in [3.8, 4) is 0 Å². The largest absolute Gasteiger partial charge is 0.481 e. The first-order valence-electron chi connectivity index (χ1n) is 13.8. The number of carboxylic acids is 3. The van der Waals surface area contributed by atoms with E-state index in [0.717, 1.165) is 0 Å². The summed E-state index contributed by atoms with van der Waals surface area (Å²) in [6.07, 6.45) is -0.647. The van der Waals surface area contributed by atoms with E-state index in [9.17, 15) is 43.5 Å². The SMILES string of the molecule is C=C(C(=O)[C@H](CCC(=O)O)NN[C@@H](CCC(=O)O)C(=O)C(=O)[C@@H](N)CCC(=O)O)[C@H](CCSC)NN[C@@H](CCC(N)=O)C(=O)S. The fourth-order valence-electron chi connectivity index (χ4n) is 3.75. The minimum absolute atomic E-state index is 0.0114. The van der Waals surface area contributed by atoms with Crippen LogP contribution in [0.25, 0.3) is 0 Å². The molecular weight excluding hydrogens is 636 g/mol. The maximum absolute atomic E-state index is 13.6. The molecule has 0 aromatic heterocycles. The van der Waals surface area contributed by atoms with Gasteiger partial charge in [0.05, 0.1) is 24.2 Å². The smallest absolute Gasteiger partial charge is 0.303 e. The summed E-state index contributed by atoms with van der Waals surface area (Å²) in [6.45, 7) is 3.84. The fraction of sp³-hybridized carbons (Fsp3) is 0.615. The molecule has 0 aromatic carbocycles. The standard InChI is InChI=1S/C26H42N6O11S2/c1-13(15(11-12-45-2)29-32-18(26(43)44)4-7-19(28)33)23(40)16(5-9-21(36)37)30-31-17(6-10-22(38)39)25(42)24(41)14(27)3-8-20(34)35/h14-18,29-32H,1,3-12,27H2,2H3,(H2,28,33)(H,34,35)(H,36,37)(H,38,39)(H,43,44)/t14-,15-,16-,17-,18-/m0/s1. The Hall–Kier alpha value is -3.20. The molecule has 254 valence electrons. The Bertz CT molecular complexity index is 1110. The molecule has 11 N–H and O–H groups in total. The number of nitrogens with one attached hydrogen (secondary N) is 4. The Balaban J connectivity index is 5.97. The molecule has 0 saturated heterocycles. The van der Waals surface area contributed by atoms with Crippen LogP contribution in [0.15, 0.2) is 12.2 Å². The summed E-state index contributed by atoms with van der Waals surface area (Å²) >= 11 is 5.24. The maximum atomic E-state index is 13.6. The highest BCUT2D eigenvalue weighted by Crippen LogP contribution is 2.14. The van der Waals surface area contributed by atoms with E-state index in [0.29, 0.717) is 12.2 Å². The Labute approximate surface area is 269 Å². The molecule has 5 atom stereocenters. The van der Waals surface area contributed by atoms with Crippen molar-refractivity contribution in [1.82, 2.24) is 21.7 Å². The van der Waals surface area contributed by atoms with Crippen molar-refractivity contribution < 1.29 is 53.7 Å². The van der Waals surface area contributed by atoms with Crippen molar-refractivity contribution in [2.45, 2.75) is 88.0 Å². The normalized spacial score (nSPS) is 14.4. The lowest BCUT2D eigenvalue weighted by molar-refractivity contribution is -0.141. The lowest BCUT2D eigenvalue weighted by Crippen LogP contribution is -2.57. The lowest BCUT2D eigenvalue weighted by atomic mass is 9.95. The molecular formula is C26H42N6O11S2. The molecule has 0 saturated carbocycles. The lowest BCUT2D eigenvalue weighted by Gasteiger charge is -2.27. The number of amides is 1. The first-order chi connectivity index (χ1) is 21.0. The van der Waals surface area contributed by atoms with Gasteiger partial charge in [0.2, 0.25) is 22.6 Å². The van der Waals surface area contributed by atoms with E-state index in [1.807, 2.05) is 6.26 Å². The number of rotatable bonds is 28. The van der Waals surface area contributed by atoms with Crippen LogP contribution in [0.4, 0.5) is 0 Å². The van der Waals surface area contributed by atoms with Crippen LogP contribution in [0.3, 0.4) is 0 Å². The van der Waals surface area contributed by atoms with E-state index in [2.05, 4.69) is 40.9 Å². The molecule has 17 nitrogen and oxygen atoms in total. The molecule has 0 aliphatic rings. The molecule has 19 heteroatoms. The zero-order valence-corrected chi connectivity index (χ0v) is 26.5. The van der Waals surface area contributed by atoms with Gasteiger partial charge < -0.3 is 26.8 Å². The van der Waals surface area contributed by atoms with Crippen LogP contribution in [-0.4, -0.2) is 104 Å². The molecule has 0 aromatic rings. The van der Waals surface area contributed by atoms with Gasteiger partial charge in [0.15, 0.2) is 5.78 Å². The first kappa shape index (κ1) is 41.8. The predicted octanol–water partition coefficient (Wildman–Crippen LogP) is -1.69. The zero-order chi connectivity index (χ0) is 34.7. The van der Waals surface area contributed by atoms with Gasteiger partial charge in [0, 0.05) is 37.3 Å². The third kappa shape index (κ3) is 17.8. The van der Waals surface area contributed by atoms with Crippen molar-refractivity contribution >= 4 is 70.7 Å². The van der Waals surface area contributed by atoms with Gasteiger partial charge in [-0.25, -0.2) is 21.7 Å². The molecule has 1 amide bonds. The number of primary amides is 1. The van der Waals surface area contributed by atoms with Crippen molar-refractivity contribution in [2.24, 2.45) is 11.5 Å². The number of ketones is 3. The van der Waals surface area contributed by atoms with E-state index >= 15 is 0 Å². The van der Waals surface area contributed by atoms with Crippen molar-refractivity contribution in [3.05, 3.63) is 12.2 Å². The van der Waals surface area contributed by atoms with Gasteiger partial charge in [-0.15, -0.1) is 12.6 Å². The Morgan fingerprint density at radius 1 is 0.667 bits per heavy atom. The summed E-state index contributed by atoms with van der Waals surface area (Å²) in [5.74, 6) is -6.93. The monoisotopic (exact) mass is 678 g/mol. The van der Waals surface area contributed by atoms with E-state index in [1.165, 1.54) is 11.8 Å². The molecule has 0 aliphatic heterocycles. The summed E-state index contributed by atoms with van der Waals surface area (Å²) in [6, 6.07) is -6.08. The minimum Gasteiger partial charge on any atom is -0.481 e. The number of aliphatic carboxylic acids is 3. The van der Waals surface area contributed by atoms with E-state index in [-0.39, 0.29) is 31.3 Å². The summed E-state index contributed by atoms with van der Waals surface area (Å²) in [5, 5.41) is 26.6. The number of hydrogen-bond donors (Lipinski definition) is 10. The summed E-state index contributed by atoms with van der Waals surface area (Å²) in [7, 11) is 0. The van der Waals surface area contributed by atoms with Crippen LogP contribution in [0.1, 0.15) is 57.8 Å². The quantitative estimate of drug-likeness (QED) is 0.0191. The second-order valence-electron chi connectivity index (χ2n) is 9.93. The van der Waals surface area contributed by atoms with Crippen LogP contribution >= 0.6 is 24.4 Å². The zero-order valence-electron chi connectivity index (χ0n) is 24.8. The molecule has 0 radical (unpaired) electrons. The van der Waals surface area contributed by atoms with Crippen LogP contribution < -0.4 is 33.2 Å². The van der Waals surface area contributed by atoms with Gasteiger partial charge in [0.25, 0.3) is 0 Å². The summed E-state index contributed by atoms with van der Waals surface area (Å²) in [4.78, 5) is 95.4. The molecule has 0 fully saturated rings. The number of nitrogens with two attached hydrogens (primary N) is 2. The Kier molecular flexibility index (Phi) is 20.7. The predicted molar refractivity (Wildman–Crippen MR) is 166 cm³/mol. The molecule has 45 heavy (non-hydrogen) atoms. The number of thioether (sulfide) groups is 1. The number of carboxylic acid groups (broad SMARTS) is 3. The van der Waals surface area contributed by atoms with E-state index < -0.39 is 102 Å². The van der Waals surface area contributed by atoms with E-state index in [4.69, 9.17) is 21.7 Å². The molecule has 0 aliphatic carbocycles. The van der Waals surface area contributed by atoms with Crippen molar-refractivity contribution in [2.75, 3.05) is 12.0 Å². The topological polar surface area (TPSA) is 297 Å². The molecule has 0 rings (SSSR count). The second-order valence-corrected chi connectivity index (χ2v) is 11.4. The second kappa shape index (κ2) is 22.3. The van der Waals surface area contributed by atoms with Gasteiger partial charge in [-0.3, -0.25) is 38.4 Å². The third-order valence-corrected chi connectivity index (χ3v) is 7.32. The van der Waals surface area contributed by atoms with Crippen LogP contribution in [0.2, 0.25) is 0 Å². The minimum atomic E-state index is -1.52. The maximum Gasteiger partial charge on any atom is 0.303 e. The van der Waals surface area contributed by atoms with Crippen molar-refractivity contribution in [3.63, 3.8) is 0 Å². The summed E-state index contributed by atoms with van der Waals surface area (Å²) in [5.41, 5.74) is 21.3. The van der Waals surface area contributed by atoms with Gasteiger partial charge in [-0.1, -0.05) is 6.58 Å². The number of thiol groups is 1. The Morgan fingerprint density at radius 3 is 1.53 bits per heavy atom. The van der Waals surface area contributed by atoms with Gasteiger partial charge >= 0.3 is 17.9 Å². The first-order valence-corrected chi connectivity index (χ1v) is 15.6. The number of hydrazine groups is 2. The number of carbonyl (C=O) groups is 8. The average molecular weight is 679 g/mol.